The molecule has 1 heterocycles. The Labute approximate surface area is 158 Å². The summed E-state index contributed by atoms with van der Waals surface area (Å²) in [6.45, 7) is 3.03. The highest BCUT2D eigenvalue weighted by molar-refractivity contribution is 7.89. The summed E-state index contributed by atoms with van der Waals surface area (Å²) < 4.78 is 32.2. The van der Waals surface area contributed by atoms with Gasteiger partial charge in [-0.2, -0.15) is 4.31 Å². The smallest absolute Gasteiger partial charge is 0.269 e. The van der Waals surface area contributed by atoms with E-state index in [9.17, 15) is 18.5 Å². The molecule has 1 saturated heterocycles. The first-order valence-electron chi connectivity index (χ1n) is 8.61. The molecule has 1 aliphatic heterocycles. The van der Waals surface area contributed by atoms with Crippen molar-refractivity contribution in [3.8, 4) is 5.75 Å². The van der Waals surface area contributed by atoms with E-state index in [4.69, 9.17) is 4.74 Å². The summed E-state index contributed by atoms with van der Waals surface area (Å²) in [6.07, 6.45) is 0. The molecule has 0 spiro atoms. The van der Waals surface area contributed by atoms with Crippen molar-refractivity contribution in [1.29, 1.82) is 0 Å². The van der Waals surface area contributed by atoms with Crippen molar-refractivity contribution < 1.29 is 23.0 Å². The Balaban J connectivity index is 1.63. The van der Waals surface area contributed by atoms with Crippen LogP contribution in [0, 0.1) is 10.1 Å². The van der Waals surface area contributed by atoms with Crippen LogP contribution in [-0.4, -0.2) is 50.9 Å². The quantitative estimate of drug-likeness (QED) is 0.577. The molecule has 0 bridgehead atoms. The van der Waals surface area contributed by atoms with Crippen LogP contribution in [0.4, 0.5) is 5.69 Å². The maximum Gasteiger partial charge on any atom is 0.269 e. The van der Waals surface area contributed by atoms with Crippen LogP contribution in [0.25, 0.3) is 0 Å². The van der Waals surface area contributed by atoms with Crippen molar-refractivity contribution in [3.05, 3.63) is 64.2 Å². The number of hydrogen-bond donors (Lipinski definition) is 1. The van der Waals surface area contributed by atoms with Crippen LogP contribution in [0.2, 0.25) is 0 Å². The summed E-state index contributed by atoms with van der Waals surface area (Å²) in [4.78, 5) is 11.6. The molecule has 1 N–H and O–H groups in total. The molecule has 0 aliphatic carbocycles. The number of quaternary nitrogens is 1. The highest BCUT2D eigenvalue weighted by Gasteiger charge is 2.30. The Morgan fingerprint density at radius 1 is 1.15 bits per heavy atom. The van der Waals surface area contributed by atoms with E-state index in [1.807, 2.05) is 24.3 Å². The highest BCUT2D eigenvalue weighted by atomic mass is 32.2. The lowest BCUT2D eigenvalue weighted by molar-refractivity contribution is -0.917. The normalized spacial score (nSPS) is 16.2. The Bertz CT molecular complexity index is 907. The maximum atomic E-state index is 12.7. The summed E-state index contributed by atoms with van der Waals surface area (Å²) >= 11 is 0. The molecule has 0 aromatic heterocycles. The van der Waals surface area contributed by atoms with Gasteiger partial charge in [0.05, 0.1) is 43.1 Å². The molecule has 8 nitrogen and oxygen atoms in total. The Morgan fingerprint density at radius 2 is 1.81 bits per heavy atom. The van der Waals surface area contributed by atoms with Gasteiger partial charge in [0, 0.05) is 17.7 Å². The number of non-ortho nitro benzene ring substituents is 1. The molecule has 27 heavy (non-hydrogen) atoms. The van der Waals surface area contributed by atoms with Crippen LogP contribution in [-0.2, 0) is 16.6 Å². The minimum absolute atomic E-state index is 0.0874. The third-order valence-electron chi connectivity index (χ3n) is 4.70. The Morgan fingerprint density at radius 3 is 2.41 bits per heavy atom. The summed E-state index contributed by atoms with van der Waals surface area (Å²) in [5.41, 5.74) is 1.03. The SMILES string of the molecule is COc1cccc(C[NH+]2CCN(S(=O)(=O)c3ccc([N+](=O)[O-])cc3)CC2)c1. The number of nitrogens with one attached hydrogen (secondary N) is 1. The standard InChI is InChI=1S/C18H21N3O5S/c1-26-17-4-2-3-15(13-17)14-19-9-11-20(12-10-19)27(24,25)18-7-5-16(6-8-18)21(22)23/h2-8,13H,9-12,14H2,1H3/p+1. The molecular formula is C18H22N3O5S+. The molecule has 0 atom stereocenters. The molecule has 0 radical (unpaired) electrons. The first-order valence-corrected chi connectivity index (χ1v) is 10.1. The molecule has 2 aromatic rings. The van der Waals surface area contributed by atoms with E-state index >= 15 is 0 Å². The fraction of sp³-hybridized carbons (Fsp3) is 0.333. The van der Waals surface area contributed by atoms with Gasteiger partial charge in [0.2, 0.25) is 10.0 Å². The average molecular weight is 392 g/mol. The van der Waals surface area contributed by atoms with E-state index in [2.05, 4.69) is 0 Å². The Kier molecular flexibility index (Phi) is 5.73. The fourth-order valence-electron chi connectivity index (χ4n) is 3.18. The number of nitro groups is 1. The first-order chi connectivity index (χ1) is 12.9. The molecule has 144 valence electrons. The largest absolute Gasteiger partial charge is 0.497 e. The lowest BCUT2D eigenvalue weighted by atomic mass is 10.2. The molecule has 3 rings (SSSR count). The van der Waals surface area contributed by atoms with Crippen LogP contribution in [0.3, 0.4) is 0 Å². The minimum atomic E-state index is -3.63. The van der Waals surface area contributed by atoms with Crippen LogP contribution < -0.4 is 9.64 Å². The van der Waals surface area contributed by atoms with Gasteiger partial charge in [0.1, 0.15) is 12.3 Å². The zero-order valence-electron chi connectivity index (χ0n) is 15.0. The topological polar surface area (TPSA) is 94.2 Å². The molecule has 1 aliphatic rings. The van der Waals surface area contributed by atoms with Crippen molar-refractivity contribution >= 4 is 15.7 Å². The second-order valence-corrected chi connectivity index (χ2v) is 8.37. The van der Waals surface area contributed by atoms with E-state index in [0.29, 0.717) is 26.2 Å². The Hall–Kier alpha value is -2.49. The molecule has 0 unspecified atom stereocenters. The van der Waals surface area contributed by atoms with Gasteiger partial charge in [-0.1, -0.05) is 12.1 Å². The summed E-state index contributed by atoms with van der Waals surface area (Å²) in [7, 11) is -2.00. The van der Waals surface area contributed by atoms with E-state index in [-0.39, 0.29) is 10.6 Å². The number of ether oxygens (including phenoxy) is 1. The van der Waals surface area contributed by atoms with Crippen molar-refractivity contribution in [3.63, 3.8) is 0 Å². The van der Waals surface area contributed by atoms with E-state index < -0.39 is 14.9 Å². The second-order valence-electron chi connectivity index (χ2n) is 6.43. The number of nitrogens with zero attached hydrogens (tertiary/aromatic N) is 2. The van der Waals surface area contributed by atoms with Gasteiger partial charge in [-0.3, -0.25) is 10.1 Å². The molecule has 0 saturated carbocycles. The number of sulfonamides is 1. The highest BCUT2D eigenvalue weighted by Crippen LogP contribution is 2.19. The van der Waals surface area contributed by atoms with Crippen molar-refractivity contribution in [2.75, 3.05) is 33.3 Å². The van der Waals surface area contributed by atoms with Crippen molar-refractivity contribution in [2.45, 2.75) is 11.4 Å². The van der Waals surface area contributed by atoms with Crippen LogP contribution in [0.1, 0.15) is 5.56 Å². The number of piperazine rings is 1. The predicted molar refractivity (Wildman–Crippen MR) is 99.2 cm³/mol. The molecule has 9 heteroatoms. The molecule has 0 amide bonds. The third kappa shape index (κ3) is 4.44. The number of nitro benzene ring substituents is 1. The van der Waals surface area contributed by atoms with Crippen LogP contribution in [0.5, 0.6) is 5.75 Å². The minimum Gasteiger partial charge on any atom is -0.497 e. The number of methoxy groups -OCH3 is 1. The number of hydrogen-bond acceptors (Lipinski definition) is 5. The van der Waals surface area contributed by atoms with Crippen molar-refractivity contribution in [2.24, 2.45) is 0 Å². The maximum absolute atomic E-state index is 12.7. The monoisotopic (exact) mass is 392 g/mol. The van der Waals surface area contributed by atoms with Crippen molar-refractivity contribution in [1.82, 2.24) is 4.31 Å². The zero-order valence-corrected chi connectivity index (χ0v) is 15.8. The molecular weight excluding hydrogens is 370 g/mol. The lowest BCUT2D eigenvalue weighted by Gasteiger charge is -2.31. The van der Waals surface area contributed by atoms with Gasteiger partial charge < -0.3 is 9.64 Å². The van der Waals surface area contributed by atoms with Gasteiger partial charge in [-0.15, -0.1) is 0 Å². The molecule has 2 aromatic carbocycles. The fourth-order valence-corrected chi connectivity index (χ4v) is 4.62. The summed E-state index contributed by atoms with van der Waals surface area (Å²) in [5.74, 6) is 0.811. The van der Waals surface area contributed by atoms with Crippen LogP contribution in [0.15, 0.2) is 53.4 Å². The van der Waals surface area contributed by atoms with E-state index in [1.54, 1.807) is 7.11 Å². The summed E-state index contributed by atoms with van der Waals surface area (Å²) in [6, 6.07) is 12.9. The first kappa shape index (κ1) is 19.3. The van der Waals surface area contributed by atoms with Crippen LogP contribution >= 0.6 is 0 Å². The number of rotatable bonds is 6. The lowest BCUT2D eigenvalue weighted by Crippen LogP contribution is -3.13. The number of benzene rings is 2. The van der Waals surface area contributed by atoms with E-state index in [1.165, 1.54) is 33.5 Å². The van der Waals surface area contributed by atoms with Gasteiger partial charge in [0.25, 0.3) is 5.69 Å². The average Bonchev–Trinajstić information content (AvgIpc) is 2.68. The van der Waals surface area contributed by atoms with Gasteiger partial charge in [0.15, 0.2) is 0 Å². The van der Waals surface area contributed by atoms with E-state index in [0.717, 1.165) is 17.9 Å². The molecule has 1 fully saturated rings. The second kappa shape index (κ2) is 8.03. The van der Waals surface area contributed by atoms with Gasteiger partial charge in [-0.25, -0.2) is 8.42 Å². The van der Waals surface area contributed by atoms with Gasteiger partial charge >= 0.3 is 0 Å². The zero-order chi connectivity index (χ0) is 19.4. The third-order valence-corrected chi connectivity index (χ3v) is 6.62. The summed E-state index contributed by atoms with van der Waals surface area (Å²) in [5, 5.41) is 10.7. The predicted octanol–water partition coefficient (Wildman–Crippen LogP) is 0.693. The van der Waals surface area contributed by atoms with Gasteiger partial charge in [-0.05, 0) is 24.3 Å².